The molecule has 0 atom stereocenters. The molecule has 0 bridgehead atoms. The summed E-state index contributed by atoms with van der Waals surface area (Å²) in [5, 5.41) is 50.0. The van der Waals surface area contributed by atoms with E-state index in [1.807, 2.05) is 0 Å². The van der Waals surface area contributed by atoms with Crippen molar-refractivity contribution in [2.75, 3.05) is 7.11 Å². The van der Waals surface area contributed by atoms with Crippen LogP contribution in [0, 0.1) is 0 Å². The van der Waals surface area contributed by atoms with Crippen LogP contribution in [0.5, 0.6) is 0 Å². The third-order valence-corrected chi connectivity index (χ3v) is 0. The van der Waals surface area contributed by atoms with Crippen LogP contribution in [-0.4, -0.2) is 62.5 Å². The van der Waals surface area contributed by atoms with E-state index >= 15 is 0 Å². The van der Waals surface area contributed by atoms with Gasteiger partial charge in [-0.15, -0.1) is 0 Å². The highest BCUT2D eigenvalue weighted by atomic mass is 16.5. The van der Waals surface area contributed by atoms with Crippen LogP contribution in [0.1, 0.15) is 0 Å². The molecule has 70 valence electrons. The van der Waals surface area contributed by atoms with Gasteiger partial charge in [-0.05, 0) is 0 Å². The Morgan fingerprint density at radius 1 is 0.636 bits per heavy atom. The second kappa shape index (κ2) is 22.6. The molecule has 0 aliphatic rings. The Morgan fingerprint density at radius 3 is 0.636 bits per heavy atom. The molecule has 0 aliphatic carbocycles. The Hall–Kier alpha value is -0.190. The summed E-state index contributed by atoms with van der Waals surface area (Å²) < 4.78 is 0. The van der Waals surface area contributed by atoms with E-state index in [-0.39, 0.29) is 5.48 Å². The van der Waals surface area contributed by atoms with E-state index in [4.69, 9.17) is 35.3 Å². The van der Waals surface area contributed by atoms with Crippen molar-refractivity contribution in [3.05, 3.63) is 0 Å². The summed E-state index contributed by atoms with van der Waals surface area (Å²) in [6.45, 7) is 0. The summed E-state index contributed by atoms with van der Waals surface area (Å²) >= 11 is 0. The first-order valence-corrected chi connectivity index (χ1v) is 2.00. The maximum Gasteiger partial charge on any atom is 0.631 e. The van der Waals surface area contributed by atoms with Crippen molar-refractivity contribution >= 4 is 14.6 Å². The quantitative estimate of drug-likeness (QED) is 0.179. The molecule has 0 fully saturated rings. The average Bonchev–Trinajstić information content (AvgIpc) is 1.66. The molecule has 0 amide bonds. The van der Waals surface area contributed by atoms with Gasteiger partial charge in [0.1, 0.15) is 0 Å². The number of rotatable bonds is 0. The molecule has 8 nitrogen and oxygen atoms in total. The van der Waals surface area contributed by atoms with Gasteiger partial charge < -0.3 is 40.7 Å². The first-order valence-electron chi connectivity index (χ1n) is 2.00. The smallest absolute Gasteiger partial charge is 0.412 e. The topological polar surface area (TPSA) is 173 Å². The van der Waals surface area contributed by atoms with E-state index in [0.717, 1.165) is 7.11 Å². The lowest BCUT2D eigenvalue weighted by atomic mass is 10.3. The van der Waals surface area contributed by atoms with Gasteiger partial charge in [-0.1, -0.05) is 0 Å². The summed E-state index contributed by atoms with van der Waals surface area (Å²) in [6, 6.07) is 0. The molecule has 11 heavy (non-hydrogen) atoms. The molecule has 0 aromatic carbocycles. The fourth-order valence-corrected chi connectivity index (χ4v) is 0. The normalized spacial score (nSPS) is 5.45. The van der Waals surface area contributed by atoms with Gasteiger partial charge in [0.05, 0.1) is 0 Å². The van der Waals surface area contributed by atoms with Crippen molar-refractivity contribution in [1.82, 2.24) is 0 Å². The lowest BCUT2D eigenvalue weighted by Gasteiger charge is -1.69. The number of hydrogen-bond acceptors (Lipinski definition) is 7. The van der Waals surface area contributed by atoms with E-state index < -0.39 is 14.6 Å². The van der Waals surface area contributed by atoms with Crippen molar-refractivity contribution in [1.29, 1.82) is 0 Å². The SMILES string of the molecule is CO.O.OB(O)O.OB(O)O. The molecule has 0 spiro atoms. The minimum atomic E-state index is -2.17. The zero-order chi connectivity index (χ0) is 9.15. The zero-order valence-corrected chi connectivity index (χ0v) is 5.79. The van der Waals surface area contributed by atoms with Crippen LogP contribution in [0.2, 0.25) is 0 Å². The monoisotopic (exact) mass is 174 g/mol. The van der Waals surface area contributed by atoms with E-state index in [1.165, 1.54) is 0 Å². The molecular formula is CH12B2O8. The van der Waals surface area contributed by atoms with E-state index in [1.54, 1.807) is 0 Å². The van der Waals surface area contributed by atoms with Gasteiger partial charge in [0, 0.05) is 7.11 Å². The van der Waals surface area contributed by atoms with Gasteiger partial charge in [0.15, 0.2) is 0 Å². The molecule has 9 N–H and O–H groups in total. The van der Waals surface area contributed by atoms with Gasteiger partial charge >= 0.3 is 14.6 Å². The Bertz CT molecular complexity index is 27.6. The number of aliphatic hydroxyl groups excluding tert-OH is 1. The number of hydrogen-bond donors (Lipinski definition) is 7. The van der Waals surface area contributed by atoms with E-state index in [0.29, 0.717) is 0 Å². The molecule has 0 heterocycles. The summed E-state index contributed by atoms with van der Waals surface area (Å²) in [7, 11) is -3.33. The first-order chi connectivity index (χ1) is 4.46. The van der Waals surface area contributed by atoms with Gasteiger partial charge in [0.2, 0.25) is 0 Å². The summed E-state index contributed by atoms with van der Waals surface area (Å²) in [5.41, 5.74) is 0. The average molecular weight is 174 g/mol. The highest BCUT2D eigenvalue weighted by molar-refractivity contribution is 6.30. The lowest BCUT2D eigenvalue weighted by molar-refractivity contribution is 0.276. The van der Waals surface area contributed by atoms with Crippen molar-refractivity contribution in [3.8, 4) is 0 Å². The van der Waals surface area contributed by atoms with E-state index in [9.17, 15) is 0 Å². The predicted molar refractivity (Wildman–Crippen MR) is 36.6 cm³/mol. The second-order valence-electron chi connectivity index (χ2n) is 0.693. The van der Waals surface area contributed by atoms with Crippen LogP contribution in [-0.2, 0) is 0 Å². The molecule has 0 aromatic rings. The van der Waals surface area contributed by atoms with Crippen LogP contribution in [0.25, 0.3) is 0 Å². The molecule has 0 aromatic heterocycles. The summed E-state index contributed by atoms with van der Waals surface area (Å²) in [4.78, 5) is 0. The molecule has 0 aliphatic heterocycles. The second-order valence-corrected chi connectivity index (χ2v) is 0.693. The Morgan fingerprint density at radius 2 is 0.636 bits per heavy atom. The van der Waals surface area contributed by atoms with Crippen molar-refractivity contribution in [3.63, 3.8) is 0 Å². The molecule has 0 saturated carbocycles. The zero-order valence-electron chi connectivity index (χ0n) is 5.79. The molecule has 0 saturated heterocycles. The third-order valence-electron chi connectivity index (χ3n) is 0. The van der Waals surface area contributed by atoms with Crippen LogP contribution in [0.15, 0.2) is 0 Å². The summed E-state index contributed by atoms with van der Waals surface area (Å²) in [6.07, 6.45) is 0. The largest absolute Gasteiger partial charge is 0.631 e. The van der Waals surface area contributed by atoms with Crippen LogP contribution in [0.3, 0.4) is 0 Å². The van der Waals surface area contributed by atoms with Crippen molar-refractivity contribution in [2.45, 2.75) is 0 Å². The molecule has 0 rings (SSSR count). The maximum atomic E-state index is 7.17. The maximum absolute atomic E-state index is 7.17. The summed E-state index contributed by atoms with van der Waals surface area (Å²) in [5.74, 6) is 0. The lowest BCUT2D eigenvalue weighted by Crippen LogP contribution is -2.07. The standard InChI is InChI=1S/CH4O.2BH3O3.H2O/c1-2;2*2-1(3)4;/h2H,1H3;2*2-4H;1H2. The Balaban J connectivity index is -0.0000000339. The minimum Gasteiger partial charge on any atom is -0.412 e. The highest BCUT2D eigenvalue weighted by Crippen LogP contribution is 1.40. The number of aliphatic hydroxyl groups is 1. The van der Waals surface area contributed by atoms with Crippen molar-refractivity contribution in [2.24, 2.45) is 0 Å². The molecular weight excluding hydrogens is 162 g/mol. The van der Waals surface area contributed by atoms with E-state index in [2.05, 4.69) is 0 Å². The molecule has 0 radical (unpaired) electrons. The third kappa shape index (κ3) is 16600. The van der Waals surface area contributed by atoms with Gasteiger partial charge in [-0.25, -0.2) is 0 Å². The predicted octanol–water partition coefficient (Wildman–Crippen LogP) is -5.32. The Kier molecular flexibility index (Phi) is 46.0. The molecule has 10 heteroatoms. The fourth-order valence-electron chi connectivity index (χ4n) is 0. The van der Waals surface area contributed by atoms with Gasteiger partial charge in [0.25, 0.3) is 0 Å². The van der Waals surface area contributed by atoms with Crippen LogP contribution < -0.4 is 0 Å². The molecule has 0 unspecified atom stereocenters. The first kappa shape index (κ1) is 22.4. The van der Waals surface area contributed by atoms with Crippen molar-refractivity contribution < 1.29 is 40.7 Å². The van der Waals surface area contributed by atoms with Crippen LogP contribution in [0.4, 0.5) is 0 Å². The minimum absolute atomic E-state index is 0. The Labute approximate surface area is 63.6 Å². The van der Waals surface area contributed by atoms with Gasteiger partial charge in [-0.2, -0.15) is 0 Å². The highest BCUT2D eigenvalue weighted by Gasteiger charge is 1.93. The van der Waals surface area contributed by atoms with Gasteiger partial charge in [-0.3, -0.25) is 0 Å². The van der Waals surface area contributed by atoms with Crippen LogP contribution >= 0.6 is 0 Å². The fraction of sp³-hybridized carbons (Fsp3) is 1.00.